The predicted molar refractivity (Wildman–Crippen MR) is 70.1 cm³/mol. The van der Waals surface area contributed by atoms with Crippen LogP contribution in [0.1, 0.15) is 26.2 Å². The third-order valence-corrected chi connectivity index (χ3v) is 3.48. The minimum Gasteiger partial charge on any atom is -0.398 e. The molecule has 2 heterocycles. The molecule has 1 amide bonds. The summed E-state index contributed by atoms with van der Waals surface area (Å²) >= 11 is 0. The van der Waals surface area contributed by atoms with E-state index in [1.807, 2.05) is 4.90 Å². The maximum atomic E-state index is 12.2. The van der Waals surface area contributed by atoms with Crippen LogP contribution in [0.25, 0.3) is 0 Å². The van der Waals surface area contributed by atoms with Crippen molar-refractivity contribution in [3.05, 3.63) is 28.7 Å². The number of carbonyl (C=O) groups is 1. The van der Waals surface area contributed by atoms with Gasteiger partial charge in [0.05, 0.1) is 0 Å². The van der Waals surface area contributed by atoms with Gasteiger partial charge in [0.25, 0.3) is 5.56 Å². The molecule has 5 heteroatoms. The number of amides is 1. The van der Waals surface area contributed by atoms with E-state index in [-0.39, 0.29) is 18.0 Å². The number of hydrogen-bond donors (Lipinski definition) is 1. The summed E-state index contributed by atoms with van der Waals surface area (Å²) in [7, 11) is 0. The number of likely N-dealkylation sites (tertiary alicyclic amines) is 1. The largest absolute Gasteiger partial charge is 0.398 e. The molecule has 1 fully saturated rings. The summed E-state index contributed by atoms with van der Waals surface area (Å²) in [4.78, 5) is 25.7. The van der Waals surface area contributed by atoms with Gasteiger partial charge in [0.15, 0.2) is 0 Å². The van der Waals surface area contributed by atoms with Crippen LogP contribution in [0.3, 0.4) is 0 Å². The zero-order valence-corrected chi connectivity index (χ0v) is 10.6. The van der Waals surface area contributed by atoms with Gasteiger partial charge in [0.1, 0.15) is 6.54 Å². The highest BCUT2D eigenvalue weighted by atomic mass is 16.2. The maximum absolute atomic E-state index is 12.2. The fraction of sp³-hybridized carbons (Fsp3) is 0.538. The number of carbonyl (C=O) groups excluding carboxylic acids is 1. The second-order valence-electron chi connectivity index (χ2n) is 4.72. The molecular formula is C13H19N3O2. The average Bonchev–Trinajstić information content (AvgIpc) is 2.82. The number of pyridine rings is 1. The molecule has 0 radical (unpaired) electrons. The minimum atomic E-state index is -0.190. The molecular weight excluding hydrogens is 230 g/mol. The van der Waals surface area contributed by atoms with Crippen molar-refractivity contribution in [2.24, 2.45) is 0 Å². The molecule has 1 aromatic rings. The Hall–Kier alpha value is -1.78. The second kappa shape index (κ2) is 5.25. The van der Waals surface area contributed by atoms with Crippen molar-refractivity contribution in [3.63, 3.8) is 0 Å². The van der Waals surface area contributed by atoms with Gasteiger partial charge in [0, 0.05) is 30.5 Å². The lowest BCUT2D eigenvalue weighted by atomic mass is 10.2. The smallest absolute Gasteiger partial charge is 0.251 e. The molecule has 2 N–H and O–H groups in total. The normalized spacial score (nSPS) is 19.2. The van der Waals surface area contributed by atoms with Gasteiger partial charge in [-0.1, -0.05) is 6.92 Å². The fourth-order valence-electron chi connectivity index (χ4n) is 2.50. The van der Waals surface area contributed by atoms with E-state index < -0.39 is 0 Å². The molecule has 5 nitrogen and oxygen atoms in total. The van der Waals surface area contributed by atoms with Crippen molar-refractivity contribution in [1.29, 1.82) is 0 Å². The molecule has 98 valence electrons. The Bertz CT molecular complexity index is 495. The van der Waals surface area contributed by atoms with Crippen LogP contribution in [0.5, 0.6) is 0 Å². The van der Waals surface area contributed by atoms with Crippen LogP contribution in [-0.4, -0.2) is 28.0 Å². The number of nitrogens with two attached hydrogens (primary N) is 1. The van der Waals surface area contributed by atoms with Gasteiger partial charge in [-0.05, 0) is 25.3 Å². The number of anilines is 1. The molecule has 1 aliphatic heterocycles. The van der Waals surface area contributed by atoms with Crippen molar-refractivity contribution in [1.82, 2.24) is 9.47 Å². The van der Waals surface area contributed by atoms with Crippen LogP contribution >= 0.6 is 0 Å². The molecule has 1 aliphatic rings. The summed E-state index contributed by atoms with van der Waals surface area (Å²) in [6.45, 7) is 2.97. The summed E-state index contributed by atoms with van der Waals surface area (Å²) < 4.78 is 1.38. The van der Waals surface area contributed by atoms with Gasteiger partial charge in [-0.25, -0.2) is 0 Å². The third kappa shape index (κ3) is 2.55. The lowest BCUT2D eigenvalue weighted by Gasteiger charge is -2.24. The van der Waals surface area contributed by atoms with Gasteiger partial charge in [-0.15, -0.1) is 0 Å². The molecule has 1 atom stereocenters. The number of nitrogens with zero attached hydrogens (tertiary/aromatic N) is 2. The summed E-state index contributed by atoms with van der Waals surface area (Å²) in [6, 6.07) is 3.27. The Morgan fingerprint density at radius 3 is 3.00 bits per heavy atom. The minimum absolute atomic E-state index is 0.00653. The van der Waals surface area contributed by atoms with E-state index in [4.69, 9.17) is 5.73 Å². The predicted octanol–water partition coefficient (Wildman–Crippen LogP) is 0.832. The zero-order chi connectivity index (χ0) is 13.1. The number of rotatable bonds is 3. The topological polar surface area (TPSA) is 68.3 Å². The quantitative estimate of drug-likeness (QED) is 0.862. The molecule has 1 aromatic heterocycles. The summed E-state index contributed by atoms with van der Waals surface area (Å²) in [5.74, 6) is 0.00653. The lowest BCUT2D eigenvalue weighted by molar-refractivity contribution is -0.132. The van der Waals surface area contributed by atoms with Crippen molar-refractivity contribution < 1.29 is 4.79 Å². The van der Waals surface area contributed by atoms with Crippen molar-refractivity contribution in [2.45, 2.75) is 38.8 Å². The van der Waals surface area contributed by atoms with Gasteiger partial charge in [-0.3, -0.25) is 9.59 Å². The van der Waals surface area contributed by atoms with E-state index in [0.717, 1.165) is 25.8 Å². The molecule has 0 aliphatic carbocycles. The second-order valence-corrected chi connectivity index (χ2v) is 4.72. The van der Waals surface area contributed by atoms with Crippen LogP contribution in [0.4, 0.5) is 5.69 Å². The van der Waals surface area contributed by atoms with E-state index in [1.54, 1.807) is 6.07 Å². The van der Waals surface area contributed by atoms with E-state index in [2.05, 4.69) is 6.92 Å². The Labute approximate surface area is 106 Å². The molecule has 0 aromatic carbocycles. The maximum Gasteiger partial charge on any atom is 0.251 e. The van der Waals surface area contributed by atoms with Crippen molar-refractivity contribution in [2.75, 3.05) is 12.3 Å². The van der Waals surface area contributed by atoms with Crippen LogP contribution in [0, 0.1) is 0 Å². The van der Waals surface area contributed by atoms with E-state index in [1.165, 1.54) is 16.8 Å². The summed E-state index contributed by atoms with van der Waals surface area (Å²) in [6.07, 6.45) is 4.61. The average molecular weight is 249 g/mol. The first kappa shape index (κ1) is 12.7. The third-order valence-electron chi connectivity index (χ3n) is 3.48. The highest BCUT2D eigenvalue weighted by molar-refractivity contribution is 5.76. The van der Waals surface area contributed by atoms with Gasteiger partial charge in [-0.2, -0.15) is 0 Å². The first-order chi connectivity index (χ1) is 8.61. The monoisotopic (exact) mass is 249 g/mol. The summed E-state index contributed by atoms with van der Waals surface area (Å²) in [5, 5.41) is 0. The van der Waals surface area contributed by atoms with Crippen LogP contribution in [0.2, 0.25) is 0 Å². The number of nitrogen functional groups attached to an aromatic ring is 1. The Morgan fingerprint density at radius 1 is 1.50 bits per heavy atom. The van der Waals surface area contributed by atoms with Gasteiger partial charge >= 0.3 is 0 Å². The highest BCUT2D eigenvalue weighted by Crippen LogP contribution is 2.20. The Morgan fingerprint density at radius 2 is 2.28 bits per heavy atom. The van der Waals surface area contributed by atoms with Gasteiger partial charge < -0.3 is 15.2 Å². The number of aromatic nitrogens is 1. The van der Waals surface area contributed by atoms with E-state index >= 15 is 0 Å². The molecule has 2 rings (SSSR count). The van der Waals surface area contributed by atoms with Crippen LogP contribution in [-0.2, 0) is 11.3 Å². The van der Waals surface area contributed by atoms with Gasteiger partial charge in [0.2, 0.25) is 5.91 Å². The van der Waals surface area contributed by atoms with Crippen molar-refractivity contribution in [3.8, 4) is 0 Å². The lowest BCUT2D eigenvalue weighted by Crippen LogP contribution is -2.39. The molecule has 0 saturated carbocycles. The molecule has 18 heavy (non-hydrogen) atoms. The Kier molecular flexibility index (Phi) is 3.69. The standard InChI is InChI=1S/C13H19N3O2/c1-2-11-4-3-7-16(11)13(18)9-15-8-10(14)5-6-12(15)17/h5-6,8,11H,2-4,7,9,14H2,1H3. The van der Waals surface area contributed by atoms with E-state index in [0.29, 0.717) is 11.7 Å². The Balaban J connectivity index is 2.11. The summed E-state index contributed by atoms with van der Waals surface area (Å²) in [5.41, 5.74) is 5.93. The van der Waals surface area contributed by atoms with E-state index in [9.17, 15) is 9.59 Å². The molecule has 0 bridgehead atoms. The fourth-order valence-corrected chi connectivity index (χ4v) is 2.50. The van der Waals surface area contributed by atoms with Crippen LogP contribution < -0.4 is 11.3 Å². The molecule has 1 saturated heterocycles. The first-order valence-corrected chi connectivity index (χ1v) is 6.37. The SMILES string of the molecule is CCC1CCCN1C(=O)Cn1cc(N)ccc1=O. The zero-order valence-electron chi connectivity index (χ0n) is 10.6. The molecule has 1 unspecified atom stereocenters. The van der Waals surface area contributed by atoms with Crippen LogP contribution in [0.15, 0.2) is 23.1 Å². The first-order valence-electron chi connectivity index (χ1n) is 6.37. The highest BCUT2D eigenvalue weighted by Gasteiger charge is 2.27. The number of hydrogen-bond acceptors (Lipinski definition) is 3. The van der Waals surface area contributed by atoms with Crippen molar-refractivity contribution >= 4 is 11.6 Å². The molecule has 0 spiro atoms.